The third-order valence-electron chi connectivity index (χ3n) is 3.20. The van der Waals surface area contributed by atoms with E-state index in [0.717, 1.165) is 24.3 Å². The van der Waals surface area contributed by atoms with E-state index in [2.05, 4.69) is 15.0 Å². The lowest BCUT2D eigenvalue weighted by atomic mass is 10.2. The standard InChI is InChI=1S/C15H14Cl2FN3O3S/c1-2-13(15(22)20-14-12(17)7-9(16)8-19-14)21-25(23,24)11-5-3-10(18)4-6-11/h3-8,13,21H,2H2,1H3,(H,19,20,22). The molecule has 0 saturated carbocycles. The Hall–Kier alpha value is -1.74. The minimum Gasteiger partial charge on any atom is -0.308 e. The molecule has 2 N–H and O–H groups in total. The van der Waals surface area contributed by atoms with Crippen molar-refractivity contribution < 1.29 is 17.6 Å². The molecule has 0 radical (unpaired) electrons. The molecule has 134 valence electrons. The van der Waals surface area contributed by atoms with Crippen LogP contribution in [-0.4, -0.2) is 25.4 Å². The zero-order valence-corrected chi connectivity index (χ0v) is 15.3. The normalized spacial score (nSPS) is 12.6. The van der Waals surface area contributed by atoms with Gasteiger partial charge in [0.15, 0.2) is 5.82 Å². The van der Waals surface area contributed by atoms with Crippen LogP contribution in [0, 0.1) is 5.82 Å². The van der Waals surface area contributed by atoms with Crippen molar-refractivity contribution in [3.8, 4) is 0 Å². The summed E-state index contributed by atoms with van der Waals surface area (Å²) in [7, 11) is -3.99. The van der Waals surface area contributed by atoms with Crippen molar-refractivity contribution in [1.82, 2.24) is 9.71 Å². The highest BCUT2D eigenvalue weighted by Gasteiger charge is 2.25. The Kier molecular flexibility index (Phi) is 6.34. The van der Waals surface area contributed by atoms with Gasteiger partial charge in [0.2, 0.25) is 15.9 Å². The zero-order valence-electron chi connectivity index (χ0n) is 13.0. The van der Waals surface area contributed by atoms with Crippen molar-refractivity contribution >= 4 is 45.0 Å². The Morgan fingerprint density at radius 1 is 1.28 bits per heavy atom. The average Bonchev–Trinajstić information content (AvgIpc) is 2.55. The van der Waals surface area contributed by atoms with Crippen molar-refractivity contribution in [1.29, 1.82) is 0 Å². The van der Waals surface area contributed by atoms with Crippen LogP contribution in [-0.2, 0) is 14.8 Å². The molecule has 1 unspecified atom stereocenters. The van der Waals surface area contributed by atoms with E-state index in [9.17, 15) is 17.6 Å². The summed E-state index contributed by atoms with van der Waals surface area (Å²) in [5, 5.41) is 2.86. The number of pyridine rings is 1. The smallest absolute Gasteiger partial charge is 0.243 e. The van der Waals surface area contributed by atoms with Crippen molar-refractivity contribution in [3.05, 3.63) is 52.4 Å². The number of halogens is 3. The summed E-state index contributed by atoms with van der Waals surface area (Å²) < 4.78 is 39.8. The van der Waals surface area contributed by atoms with E-state index < -0.39 is 27.8 Å². The van der Waals surface area contributed by atoms with Gasteiger partial charge in [-0.1, -0.05) is 30.1 Å². The van der Waals surface area contributed by atoms with Crippen LogP contribution in [0.2, 0.25) is 10.0 Å². The highest BCUT2D eigenvalue weighted by atomic mass is 35.5. The summed E-state index contributed by atoms with van der Waals surface area (Å²) in [6.45, 7) is 1.63. The molecular weight excluding hydrogens is 392 g/mol. The summed E-state index contributed by atoms with van der Waals surface area (Å²) in [5.41, 5.74) is 0. The molecule has 0 bridgehead atoms. The third kappa shape index (κ3) is 5.12. The van der Waals surface area contributed by atoms with Crippen molar-refractivity contribution in [3.63, 3.8) is 0 Å². The first-order valence-electron chi connectivity index (χ1n) is 7.12. The first-order valence-corrected chi connectivity index (χ1v) is 9.36. The van der Waals surface area contributed by atoms with Gasteiger partial charge in [-0.05, 0) is 36.8 Å². The molecule has 1 heterocycles. The number of benzene rings is 1. The molecule has 10 heteroatoms. The largest absolute Gasteiger partial charge is 0.308 e. The van der Waals surface area contributed by atoms with Gasteiger partial charge in [-0.3, -0.25) is 4.79 Å². The van der Waals surface area contributed by atoms with Crippen LogP contribution >= 0.6 is 23.2 Å². The quantitative estimate of drug-likeness (QED) is 0.771. The molecule has 0 aliphatic carbocycles. The third-order valence-corrected chi connectivity index (χ3v) is 5.18. The van der Waals surface area contributed by atoms with Crippen molar-refractivity contribution in [2.75, 3.05) is 5.32 Å². The van der Waals surface area contributed by atoms with Gasteiger partial charge in [-0.15, -0.1) is 0 Å². The Morgan fingerprint density at radius 3 is 2.48 bits per heavy atom. The van der Waals surface area contributed by atoms with Crippen LogP contribution < -0.4 is 10.0 Å². The van der Waals surface area contributed by atoms with Crippen LogP contribution in [0.25, 0.3) is 0 Å². The van der Waals surface area contributed by atoms with E-state index in [0.29, 0.717) is 5.02 Å². The summed E-state index contributed by atoms with van der Waals surface area (Å²) in [6, 6.07) is 4.60. The number of aromatic nitrogens is 1. The number of anilines is 1. The average molecular weight is 406 g/mol. The van der Waals surface area contributed by atoms with Gasteiger partial charge in [0.25, 0.3) is 0 Å². The van der Waals surface area contributed by atoms with Gasteiger partial charge >= 0.3 is 0 Å². The molecule has 25 heavy (non-hydrogen) atoms. The molecular formula is C15H14Cl2FN3O3S. The van der Waals surface area contributed by atoms with Crippen molar-refractivity contribution in [2.45, 2.75) is 24.3 Å². The van der Waals surface area contributed by atoms with E-state index >= 15 is 0 Å². The van der Waals surface area contributed by atoms with E-state index in [1.807, 2.05) is 0 Å². The zero-order chi connectivity index (χ0) is 18.6. The second-order valence-electron chi connectivity index (χ2n) is 5.01. The SMILES string of the molecule is CCC(NS(=O)(=O)c1ccc(F)cc1)C(=O)Nc1ncc(Cl)cc1Cl. The van der Waals surface area contributed by atoms with E-state index in [1.54, 1.807) is 6.92 Å². The summed E-state index contributed by atoms with van der Waals surface area (Å²) in [5.74, 6) is -1.13. The predicted octanol–water partition coefficient (Wildman–Crippen LogP) is 3.22. The maximum absolute atomic E-state index is 12.9. The molecule has 1 aromatic carbocycles. The minimum atomic E-state index is -3.99. The first kappa shape index (κ1) is 19.6. The van der Waals surface area contributed by atoms with E-state index in [1.165, 1.54) is 12.3 Å². The summed E-state index contributed by atoms with van der Waals surface area (Å²) >= 11 is 11.7. The molecule has 6 nitrogen and oxygen atoms in total. The van der Waals surface area contributed by atoms with Crippen LogP contribution in [0.4, 0.5) is 10.2 Å². The Balaban J connectivity index is 2.15. The maximum atomic E-state index is 12.9. The summed E-state index contributed by atoms with van der Waals surface area (Å²) in [6.07, 6.45) is 1.48. The number of amides is 1. The second-order valence-corrected chi connectivity index (χ2v) is 7.57. The van der Waals surface area contributed by atoms with Crippen molar-refractivity contribution in [2.24, 2.45) is 0 Å². The van der Waals surface area contributed by atoms with Gasteiger partial charge < -0.3 is 5.32 Å². The first-order chi connectivity index (χ1) is 11.7. The highest BCUT2D eigenvalue weighted by Crippen LogP contribution is 2.22. The maximum Gasteiger partial charge on any atom is 0.243 e. The topological polar surface area (TPSA) is 88.2 Å². The highest BCUT2D eigenvalue weighted by molar-refractivity contribution is 7.89. The molecule has 2 aromatic rings. The number of sulfonamides is 1. The number of hydrogen-bond donors (Lipinski definition) is 2. The molecule has 0 fully saturated rings. The fourth-order valence-electron chi connectivity index (χ4n) is 1.90. The van der Waals surface area contributed by atoms with Gasteiger partial charge in [0, 0.05) is 6.20 Å². The fourth-order valence-corrected chi connectivity index (χ4v) is 3.61. The summed E-state index contributed by atoms with van der Waals surface area (Å²) in [4.78, 5) is 16.0. The fraction of sp³-hybridized carbons (Fsp3) is 0.200. The number of rotatable bonds is 6. The number of carbonyl (C=O) groups is 1. The number of nitrogens with one attached hydrogen (secondary N) is 2. The predicted molar refractivity (Wildman–Crippen MR) is 93.7 cm³/mol. The Labute approximate surface area is 154 Å². The molecule has 0 spiro atoms. The Bertz CT molecular complexity index is 876. The second kappa shape index (κ2) is 8.09. The lowest BCUT2D eigenvalue weighted by Crippen LogP contribution is -2.43. The van der Waals surface area contributed by atoms with Crippen LogP contribution in [0.1, 0.15) is 13.3 Å². The number of nitrogens with zero attached hydrogens (tertiary/aromatic N) is 1. The van der Waals surface area contributed by atoms with Crippen LogP contribution in [0.5, 0.6) is 0 Å². The van der Waals surface area contributed by atoms with Crippen LogP contribution in [0.3, 0.4) is 0 Å². The molecule has 1 amide bonds. The lowest BCUT2D eigenvalue weighted by Gasteiger charge is -2.17. The minimum absolute atomic E-state index is 0.0653. The van der Waals surface area contributed by atoms with Gasteiger partial charge in [0.05, 0.1) is 14.9 Å². The lowest BCUT2D eigenvalue weighted by molar-refractivity contribution is -0.117. The molecule has 0 aliphatic heterocycles. The molecule has 0 aliphatic rings. The number of hydrogen-bond acceptors (Lipinski definition) is 4. The molecule has 0 saturated heterocycles. The monoisotopic (exact) mass is 405 g/mol. The number of carbonyl (C=O) groups excluding carboxylic acids is 1. The van der Waals surface area contributed by atoms with Gasteiger partial charge in [-0.25, -0.2) is 17.8 Å². The van der Waals surface area contributed by atoms with Gasteiger partial charge in [-0.2, -0.15) is 4.72 Å². The van der Waals surface area contributed by atoms with Gasteiger partial charge in [0.1, 0.15) is 11.9 Å². The Morgan fingerprint density at radius 2 is 1.92 bits per heavy atom. The molecule has 1 atom stereocenters. The molecule has 2 rings (SSSR count). The van der Waals surface area contributed by atoms with Crippen LogP contribution in [0.15, 0.2) is 41.4 Å². The van der Waals surface area contributed by atoms with E-state index in [-0.39, 0.29) is 22.2 Å². The van der Waals surface area contributed by atoms with E-state index in [4.69, 9.17) is 23.2 Å². The molecule has 1 aromatic heterocycles.